The largest absolute Gasteiger partial charge is 0.504 e. The first-order valence-corrected chi connectivity index (χ1v) is 10.5. The molecule has 158 valence electrons. The lowest BCUT2D eigenvalue weighted by molar-refractivity contribution is -0.123. The standard InChI is InChI=1S/C24H24N4O3/c1-3-31-21-12-16(8-9-19(21)29)23-22-18(27-24-25-13-26-28(23)24)10-17(11-20(22)30)15-6-4-14(2)5-7-15/h4-10,12-13,17,22-23,29H,3,11H2,1-2H3,(H,25,26,27)/t17-,22-,23-/m0/s1. The van der Waals surface area contributed by atoms with Gasteiger partial charge in [-0.05, 0) is 37.1 Å². The molecule has 0 bridgehead atoms. The third kappa shape index (κ3) is 3.36. The van der Waals surface area contributed by atoms with Crippen LogP contribution in [0.4, 0.5) is 5.95 Å². The summed E-state index contributed by atoms with van der Waals surface area (Å²) in [6, 6.07) is 13.2. The zero-order chi connectivity index (χ0) is 21.5. The Hall–Kier alpha value is -3.61. The minimum absolute atomic E-state index is 0.0146. The van der Waals surface area contributed by atoms with Crippen LogP contribution in [0.2, 0.25) is 0 Å². The van der Waals surface area contributed by atoms with Crippen LogP contribution in [0.1, 0.15) is 42.0 Å². The van der Waals surface area contributed by atoms with Gasteiger partial charge in [0.15, 0.2) is 11.5 Å². The van der Waals surface area contributed by atoms with Crippen molar-refractivity contribution < 1.29 is 14.6 Å². The van der Waals surface area contributed by atoms with E-state index < -0.39 is 5.92 Å². The molecule has 2 heterocycles. The second kappa shape index (κ2) is 7.58. The van der Waals surface area contributed by atoms with Gasteiger partial charge < -0.3 is 15.2 Å². The van der Waals surface area contributed by atoms with Gasteiger partial charge in [0.25, 0.3) is 0 Å². The summed E-state index contributed by atoms with van der Waals surface area (Å²) in [6.45, 7) is 4.35. The summed E-state index contributed by atoms with van der Waals surface area (Å²) in [5.41, 5.74) is 4.00. The molecule has 0 fully saturated rings. The van der Waals surface area contributed by atoms with Crippen LogP contribution in [0.15, 0.2) is 60.6 Å². The van der Waals surface area contributed by atoms with Crippen molar-refractivity contribution >= 4 is 11.7 Å². The Morgan fingerprint density at radius 2 is 1.97 bits per heavy atom. The number of benzene rings is 2. The number of fused-ring (bicyclic) bond motifs is 2. The van der Waals surface area contributed by atoms with Crippen LogP contribution in [-0.2, 0) is 4.79 Å². The molecule has 7 heteroatoms. The summed E-state index contributed by atoms with van der Waals surface area (Å²) in [6.07, 6.45) is 4.06. The number of carbonyl (C=O) groups excluding carboxylic acids is 1. The molecule has 0 spiro atoms. The van der Waals surface area contributed by atoms with Crippen molar-refractivity contribution in [3.8, 4) is 11.5 Å². The first-order chi connectivity index (χ1) is 15.0. The second-order valence-corrected chi connectivity index (χ2v) is 8.05. The van der Waals surface area contributed by atoms with Crippen molar-refractivity contribution in [2.75, 3.05) is 11.9 Å². The van der Waals surface area contributed by atoms with E-state index in [0.717, 1.165) is 16.8 Å². The van der Waals surface area contributed by atoms with E-state index >= 15 is 0 Å². The van der Waals surface area contributed by atoms with Crippen molar-refractivity contribution in [2.45, 2.75) is 32.2 Å². The number of aromatic nitrogens is 3. The molecule has 1 aromatic heterocycles. The summed E-state index contributed by atoms with van der Waals surface area (Å²) in [5.74, 6) is 0.814. The van der Waals surface area contributed by atoms with Crippen LogP contribution in [0.3, 0.4) is 0 Å². The Morgan fingerprint density at radius 1 is 1.19 bits per heavy atom. The molecule has 1 aliphatic carbocycles. The van der Waals surface area contributed by atoms with Crippen molar-refractivity contribution in [3.63, 3.8) is 0 Å². The number of aromatic hydroxyl groups is 1. The van der Waals surface area contributed by atoms with Crippen molar-refractivity contribution in [1.82, 2.24) is 14.8 Å². The highest BCUT2D eigenvalue weighted by atomic mass is 16.5. The lowest BCUT2D eigenvalue weighted by Crippen LogP contribution is -2.40. The van der Waals surface area contributed by atoms with Crippen LogP contribution < -0.4 is 10.1 Å². The van der Waals surface area contributed by atoms with Crippen molar-refractivity contribution in [3.05, 3.63) is 77.3 Å². The molecule has 0 unspecified atom stereocenters. The Bertz CT molecular complexity index is 1170. The maximum absolute atomic E-state index is 13.4. The maximum atomic E-state index is 13.4. The van der Waals surface area contributed by atoms with Crippen molar-refractivity contribution in [1.29, 1.82) is 0 Å². The first kappa shape index (κ1) is 19.4. The van der Waals surface area contributed by atoms with E-state index in [0.29, 0.717) is 24.7 Å². The highest BCUT2D eigenvalue weighted by Gasteiger charge is 2.43. The van der Waals surface area contributed by atoms with Crippen LogP contribution in [-0.4, -0.2) is 32.3 Å². The molecular weight excluding hydrogens is 392 g/mol. The molecule has 1 aliphatic heterocycles. The summed E-state index contributed by atoms with van der Waals surface area (Å²) >= 11 is 0. The number of ether oxygens (including phenoxy) is 1. The van der Waals surface area contributed by atoms with E-state index in [1.807, 2.05) is 13.0 Å². The number of hydrogen-bond donors (Lipinski definition) is 2. The van der Waals surface area contributed by atoms with Crippen LogP contribution in [0.5, 0.6) is 11.5 Å². The maximum Gasteiger partial charge on any atom is 0.226 e. The average molecular weight is 416 g/mol. The van der Waals surface area contributed by atoms with Gasteiger partial charge in [0.05, 0.1) is 18.6 Å². The fraction of sp³-hybridized carbons (Fsp3) is 0.292. The molecule has 5 rings (SSSR count). The van der Waals surface area contributed by atoms with Gasteiger partial charge in [-0.15, -0.1) is 0 Å². The van der Waals surface area contributed by atoms with E-state index in [4.69, 9.17) is 4.74 Å². The smallest absolute Gasteiger partial charge is 0.226 e. The fourth-order valence-electron chi connectivity index (χ4n) is 4.52. The van der Waals surface area contributed by atoms with Gasteiger partial charge in [0, 0.05) is 18.0 Å². The first-order valence-electron chi connectivity index (χ1n) is 10.5. The molecular formula is C24H24N4O3. The summed E-state index contributed by atoms with van der Waals surface area (Å²) in [7, 11) is 0. The van der Waals surface area contributed by atoms with Crippen LogP contribution in [0, 0.1) is 12.8 Å². The zero-order valence-electron chi connectivity index (χ0n) is 17.4. The fourth-order valence-corrected chi connectivity index (χ4v) is 4.52. The van der Waals surface area contributed by atoms with E-state index in [2.05, 4.69) is 52.7 Å². The number of nitrogens with one attached hydrogen (secondary N) is 1. The molecule has 31 heavy (non-hydrogen) atoms. The zero-order valence-corrected chi connectivity index (χ0v) is 17.4. The number of aryl methyl sites for hydroxylation is 1. The SMILES string of the molecule is CCOc1cc([C@H]2[C@@H]3C(=O)C[C@@H](c4ccc(C)cc4)C=C3Nc3ncnn32)ccc1O. The topological polar surface area (TPSA) is 89.3 Å². The number of phenols is 1. The number of Topliss-reactive ketones (excluding diaryl/α,β-unsaturated/α-hetero) is 1. The van der Waals surface area contributed by atoms with Gasteiger partial charge in [-0.3, -0.25) is 4.79 Å². The lowest BCUT2D eigenvalue weighted by Gasteiger charge is -2.38. The van der Waals surface area contributed by atoms with Gasteiger partial charge in [-0.25, -0.2) is 4.68 Å². The predicted molar refractivity (Wildman–Crippen MR) is 116 cm³/mol. The van der Waals surface area contributed by atoms with Gasteiger partial charge in [-0.1, -0.05) is 42.0 Å². The number of rotatable bonds is 4. The highest BCUT2D eigenvalue weighted by molar-refractivity contribution is 5.88. The molecule has 0 radical (unpaired) electrons. The molecule has 7 nitrogen and oxygen atoms in total. The number of phenolic OH excluding ortho intramolecular Hbond substituents is 1. The minimum atomic E-state index is -0.407. The van der Waals surface area contributed by atoms with E-state index in [1.54, 1.807) is 16.8 Å². The van der Waals surface area contributed by atoms with E-state index in [1.165, 1.54) is 11.9 Å². The van der Waals surface area contributed by atoms with Crippen LogP contribution >= 0.6 is 0 Å². The normalized spacial score (nSPS) is 22.2. The lowest BCUT2D eigenvalue weighted by atomic mass is 9.75. The summed E-state index contributed by atoms with van der Waals surface area (Å²) in [4.78, 5) is 17.8. The van der Waals surface area contributed by atoms with Crippen molar-refractivity contribution in [2.24, 2.45) is 5.92 Å². The predicted octanol–water partition coefficient (Wildman–Crippen LogP) is 3.96. The molecule has 0 amide bonds. The summed E-state index contributed by atoms with van der Waals surface area (Å²) in [5, 5.41) is 17.8. The third-order valence-electron chi connectivity index (χ3n) is 6.02. The van der Waals surface area contributed by atoms with E-state index in [9.17, 15) is 9.90 Å². The Morgan fingerprint density at radius 3 is 2.74 bits per heavy atom. The number of hydrogen-bond acceptors (Lipinski definition) is 6. The van der Waals surface area contributed by atoms with E-state index in [-0.39, 0.29) is 23.5 Å². The molecule has 2 aliphatic rings. The van der Waals surface area contributed by atoms with Gasteiger partial charge >= 0.3 is 0 Å². The molecule has 0 saturated carbocycles. The Balaban J connectivity index is 1.59. The highest BCUT2D eigenvalue weighted by Crippen LogP contribution is 2.45. The molecule has 2 N–H and O–H groups in total. The third-order valence-corrected chi connectivity index (χ3v) is 6.02. The molecule has 0 saturated heterocycles. The molecule has 3 aromatic rings. The van der Waals surface area contributed by atoms with Crippen LogP contribution in [0.25, 0.3) is 0 Å². The Labute approximate surface area is 180 Å². The molecule has 2 aromatic carbocycles. The van der Waals surface area contributed by atoms with Gasteiger partial charge in [-0.2, -0.15) is 10.1 Å². The number of anilines is 1. The quantitative estimate of drug-likeness (QED) is 0.669. The average Bonchev–Trinajstić information content (AvgIpc) is 3.22. The second-order valence-electron chi connectivity index (χ2n) is 8.05. The summed E-state index contributed by atoms with van der Waals surface area (Å²) < 4.78 is 7.32. The van der Waals surface area contributed by atoms with Gasteiger partial charge in [0.1, 0.15) is 12.1 Å². The Kier molecular flexibility index (Phi) is 4.73. The number of ketones is 1. The monoisotopic (exact) mass is 416 g/mol. The number of carbonyl (C=O) groups is 1. The number of nitrogens with zero attached hydrogens (tertiary/aromatic N) is 3. The van der Waals surface area contributed by atoms with Gasteiger partial charge in [0.2, 0.25) is 5.95 Å². The minimum Gasteiger partial charge on any atom is -0.504 e. The number of allylic oxidation sites excluding steroid dienone is 2. The molecule has 3 atom stereocenters.